The maximum atomic E-state index is 12.8. The number of allylic oxidation sites excluding steroid dienone is 4. The molecule has 0 bridgehead atoms. The van der Waals surface area contributed by atoms with E-state index in [1.165, 1.54) is 5.57 Å². The van der Waals surface area contributed by atoms with E-state index in [0.29, 0.717) is 24.7 Å². The lowest BCUT2D eigenvalue weighted by Crippen LogP contribution is -2.37. The van der Waals surface area contributed by atoms with Crippen LogP contribution in [0.25, 0.3) is 0 Å². The van der Waals surface area contributed by atoms with E-state index >= 15 is 0 Å². The summed E-state index contributed by atoms with van der Waals surface area (Å²) in [6, 6.07) is 0. The van der Waals surface area contributed by atoms with Gasteiger partial charge < -0.3 is 19.7 Å². The van der Waals surface area contributed by atoms with Crippen molar-refractivity contribution >= 4 is 11.9 Å². The van der Waals surface area contributed by atoms with Gasteiger partial charge in [-0.3, -0.25) is 4.79 Å². The van der Waals surface area contributed by atoms with Gasteiger partial charge in [0.15, 0.2) is 11.4 Å². The molecule has 3 aliphatic carbocycles. The first-order chi connectivity index (χ1) is 16.9. The van der Waals surface area contributed by atoms with Gasteiger partial charge in [-0.25, -0.2) is 4.79 Å². The SMILES string of the molecule is C=C1/C(=C\C=C2/CCC[C@]3(C)[C@@H]([C@H](C)/C=C/C(=O)C(C)(C)OC(=O)OCC)CC[C@@H]23)C[C@@H](O)C[C@@H]1O. The van der Waals surface area contributed by atoms with Crippen LogP contribution < -0.4 is 0 Å². The molecule has 2 N–H and O–H groups in total. The van der Waals surface area contributed by atoms with Gasteiger partial charge in [0.25, 0.3) is 0 Å². The second-order valence-electron chi connectivity index (χ2n) is 11.5. The van der Waals surface area contributed by atoms with Crippen molar-refractivity contribution in [1.29, 1.82) is 0 Å². The highest BCUT2D eigenvalue weighted by Gasteiger charge is 2.50. The molecule has 0 heterocycles. The second-order valence-corrected chi connectivity index (χ2v) is 11.5. The molecule has 6 atom stereocenters. The van der Waals surface area contributed by atoms with Gasteiger partial charge in [0.1, 0.15) is 0 Å². The zero-order valence-electron chi connectivity index (χ0n) is 22.6. The Kier molecular flexibility index (Phi) is 9.05. The quantitative estimate of drug-likeness (QED) is 0.337. The highest BCUT2D eigenvalue weighted by molar-refractivity contribution is 5.97. The van der Waals surface area contributed by atoms with Gasteiger partial charge in [0, 0.05) is 6.42 Å². The first-order valence-corrected chi connectivity index (χ1v) is 13.4. The fraction of sp³-hybridized carbons (Fsp3) is 0.667. The topological polar surface area (TPSA) is 93.1 Å². The number of rotatable bonds is 7. The number of hydrogen-bond acceptors (Lipinski definition) is 6. The van der Waals surface area contributed by atoms with Crippen LogP contribution in [0.2, 0.25) is 0 Å². The molecule has 200 valence electrons. The van der Waals surface area contributed by atoms with Crippen LogP contribution in [0.3, 0.4) is 0 Å². The van der Waals surface area contributed by atoms with Crippen LogP contribution in [0.1, 0.15) is 79.6 Å². The molecule has 0 aromatic carbocycles. The van der Waals surface area contributed by atoms with Crippen molar-refractivity contribution in [2.45, 2.75) is 97.4 Å². The van der Waals surface area contributed by atoms with Gasteiger partial charge in [0.05, 0.1) is 18.8 Å². The highest BCUT2D eigenvalue weighted by atomic mass is 16.7. The molecule has 6 nitrogen and oxygen atoms in total. The molecule has 6 heteroatoms. The third kappa shape index (κ3) is 6.20. The lowest BCUT2D eigenvalue weighted by atomic mass is 9.61. The van der Waals surface area contributed by atoms with E-state index in [9.17, 15) is 19.8 Å². The van der Waals surface area contributed by atoms with Gasteiger partial charge in [-0.05, 0) is 99.7 Å². The van der Waals surface area contributed by atoms with Gasteiger partial charge in [0.2, 0.25) is 0 Å². The van der Waals surface area contributed by atoms with Crippen molar-refractivity contribution in [2.75, 3.05) is 6.61 Å². The van der Waals surface area contributed by atoms with Crippen molar-refractivity contribution < 1.29 is 29.3 Å². The first kappa shape index (κ1) is 28.4. The molecule has 3 fully saturated rings. The first-order valence-electron chi connectivity index (χ1n) is 13.4. The third-order valence-electron chi connectivity index (χ3n) is 8.68. The van der Waals surface area contributed by atoms with Crippen molar-refractivity contribution in [2.24, 2.45) is 23.2 Å². The zero-order valence-corrected chi connectivity index (χ0v) is 22.6. The van der Waals surface area contributed by atoms with Gasteiger partial charge in [-0.1, -0.05) is 44.2 Å². The van der Waals surface area contributed by atoms with Crippen LogP contribution in [-0.2, 0) is 14.3 Å². The van der Waals surface area contributed by atoms with Gasteiger partial charge in [-0.15, -0.1) is 0 Å². The molecule has 0 unspecified atom stereocenters. The summed E-state index contributed by atoms with van der Waals surface area (Å²) in [7, 11) is 0. The second kappa shape index (κ2) is 11.5. The van der Waals surface area contributed by atoms with Crippen molar-refractivity contribution in [3.05, 3.63) is 47.6 Å². The molecular weight excluding hydrogens is 456 g/mol. The Balaban J connectivity index is 1.71. The third-order valence-corrected chi connectivity index (χ3v) is 8.68. The highest BCUT2D eigenvalue weighted by Crippen LogP contribution is 2.59. The zero-order chi connectivity index (χ0) is 26.7. The minimum absolute atomic E-state index is 0.148. The molecule has 0 saturated heterocycles. The van der Waals surface area contributed by atoms with E-state index in [2.05, 4.69) is 32.6 Å². The number of fused-ring (bicyclic) bond motifs is 1. The Bertz CT molecular complexity index is 941. The minimum Gasteiger partial charge on any atom is -0.435 e. The largest absolute Gasteiger partial charge is 0.509 e. The number of carbonyl (C=O) groups excluding carboxylic acids is 2. The van der Waals surface area contributed by atoms with E-state index in [1.54, 1.807) is 26.8 Å². The number of ether oxygens (including phenoxy) is 2. The summed E-state index contributed by atoms with van der Waals surface area (Å²) >= 11 is 0. The van der Waals surface area contributed by atoms with E-state index in [-0.39, 0.29) is 23.7 Å². The average molecular weight is 501 g/mol. The summed E-state index contributed by atoms with van der Waals surface area (Å²) in [6.07, 6.45) is 12.3. The molecule has 0 spiro atoms. The van der Waals surface area contributed by atoms with Crippen LogP contribution in [0.4, 0.5) is 4.79 Å². The predicted molar refractivity (Wildman–Crippen MR) is 140 cm³/mol. The summed E-state index contributed by atoms with van der Waals surface area (Å²) < 4.78 is 10.0. The summed E-state index contributed by atoms with van der Waals surface area (Å²) in [6.45, 7) is 13.7. The normalized spacial score (nSPS) is 34.1. The molecule has 0 aliphatic heterocycles. The van der Waals surface area contributed by atoms with E-state index in [0.717, 1.165) is 43.3 Å². The maximum absolute atomic E-state index is 12.8. The Labute approximate surface area is 216 Å². The predicted octanol–water partition coefficient (Wildman–Crippen LogP) is 5.84. The lowest BCUT2D eigenvalue weighted by Gasteiger charge is -2.44. The summed E-state index contributed by atoms with van der Waals surface area (Å²) in [5.41, 5.74) is 1.98. The average Bonchev–Trinajstić information content (AvgIpc) is 3.16. The minimum atomic E-state index is -1.27. The number of carbonyl (C=O) groups is 2. The lowest BCUT2D eigenvalue weighted by molar-refractivity contribution is -0.131. The van der Waals surface area contributed by atoms with E-state index < -0.39 is 24.0 Å². The van der Waals surface area contributed by atoms with Crippen LogP contribution >= 0.6 is 0 Å². The van der Waals surface area contributed by atoms with Crippen molar-refractivity contribution in [3.63, 3.8) is 0 Å². The van der Waals surface area contributed by atoms with Crippen LogP contribution in [0.15, 0.2) is 47.6 Å². The number of ketones is 1. The molecule has 0 aromatic heterocycles. The van der Waals surface area contributed by atoms with Gasteiger partial charge in [-0.2, -0.15) is 0 Å². The molecule has 36 heavy (non-hydrogen) atoms. The summed E-state index contributed by atoms with van der Waals surface area (Å²) in [4.78, 5) is 24.5. The van der Waals surface area contributed by atoms with E-state index in [4.69, 9.17) is 9.47 Å². The maximum Gasteiger partial charge on any atom is 0.509 e. The Hall–Kier alpha value is -2.18. The monoisotopic (exact) mass is 500 g/mol. The fourth-order valence-electron chi connectivity index (χ4n) is 6.59. The Morgan fingerprint density at radius 1 is 1.25 bits per heavy atom. The van der Waals surface area contributed by atoms with E-state index in [1.807, 2.05) is 6.08 Å². The standard InChI is InChI=1S/C30H44O6/c1-7-35-28(34)36-29(4,5)27(33)15-10-19(2)24-13-14-25-21(9-8-16-30(24,25)6)11-12-22-17-23(31)18-26(32)20(22)3/h10-12,15,19,23-26,31-32H,3,7-9,13-14,16-18H2,1-2,4-6H3/b15-10+,21-11+,22-12-/t19-,23-,24-,25+,26+,30-/m1/s1. The molecule has 0 amide bonds. The van der Waals surface area contributed by atoms with Crippen molar-refractivity contribution in [3.8, 4) is 0 Å². The molecule has 3 aliphatic rings. The van der Waals surface area contributed by atoms with Crippen LogP contribution in [0.5, 0.6) is 0 Å². The fourth-order valence-corrected chi connectivity index (χ4v) is 6.59. The number of aliphatic hydroxyl groups excluding tert-OH is 2. The summed E-state index contributed by atoms with van der Waals surface area (Å²) in [5.74, 6) is 0.888. The molecular formula is C30H44O6. The van der Waals surface area contributed by atoms with Gasteiger partial charge >= 0.3 is 6.16 Å². The number of hydrogen-bond donors (Lipinski definition) is 2. The Morgan fingerprint density at radius 2 is 1.97 bits per heavy atom. The molecule has 0 aromatic rings. The summed E-state index contributed by atoms with van der Waals surface area (Å²) in [5, 5.41) is 20.2. The molecule has 0 radical (unpaired) electrons. The molecule has 3 saturated carbocycles. The smallest absolute Gasteiger partial charge is 0.435 e. The van der Waals surface area contributed by atoms with Crippen molar-refractivity contribution in [1.82, 2.24) is 0 Å². The van der Waals surface area contributed by atoms with Crippen LogP contribution in [-0.4, -0.2) is 46.6 Å². The number of aliphatic hydroxyl groups is 2. The Morgan fingerprint density at radius 3 is 2.67 bits per heavy atom. The molecule has 3 rings (SSSR count). The van der Waals surface area contributed by atoms with Crippen LogP contribution in [0, 0.1) is 23.2 Å².